The van der Waals surface area contributed by atoms with Gasteiger partial charge in [0.2, 0.25) is 5.75 Å². The van der Waals surface area contributed by atoms with Gasteiger partial charge in [-0.15, -0.1) is 0 Å². The van der Waals surface area contributed by atoms with Gasteiger partial charge in [0.1, 0.15) is 0 Å². The van der Waals surface area contributed by atoms with Gasteiger partial charge in [-0.25, -0.2) is 8.78 Å². The Morgan fingerprint density at radius 3 is 1.85 bits per heavy atom. The first-order valence-electron chi connectivity index (χ1n) is 10.1. The second-order valence-electron chi connectivity index (χ2n) is 6.87. The van der Waals surface area contributed by atoms with Crippen LogP contribution in [0.15, 0.2) is 47.4 Å². The maximum Gasteiger partial charge on any atom is 0.203 e. The first-order valence-corrected chi connectivity index (χ1v) is 10.9. The van der Waals surface area contributed by atoms with Crippen LogP contribution in [-0.4, -0.2) is 35.5 Å². The number of methoxy groups -OCH3 is 5. The highest BCUT2D eigenvalue weighted by Gasteiger charge is 2.14. The molecule has 0 spiro atoms. The van der Waals surface area contributed by atoms with Crippen LogP contribution in [0.4, 0.5) is 14.5 Å². The minimum Gasteiger partial charge on any atom is -0.493 e. The third-order valence-corrected chi connectivity index (χ3v) is 5.68. The Morgan fingerprint density at radius 1 is 0.676 bits per heavy atom. The lowest BCUT2D eigenvalue weighted by atomic mass is 10.1. The van der Waals surface area contributed by atoms with Crippen LogP contribution in [0, 0.1) is 11.6 Å². The van der Waals surface area contributed by atoms with Gasteiger partial charge in [0, 0.05) is 16.5 Å². The second kappa shape index (κ2) is 11.5. The number of halogens is 2. The van der Waals surface area contributed by atoms with Gasteiger partial charge in [0.25, 0.3) is 0 Å². The molecule has 0 radical (unpaired) electrons. The Kier molecular flexibility index (Phi) is 8.48. The number of anilines is 1. The fourth-order valence-electron chi connectivity index (χ4n) is 3.16. The fraction of sp³-hybridized carbons (Fsp3) is 0.200. The lowest BCUT2D eigenvalue weighted by molar-refractivity contribution is 0.324. The van der Waals surface area contributed by atoms with Crippen LogP contribution >= 0.6 is 11.9 Å². The van der Waals surface area contributed by atoms with E-state index in [1.165, 1.54) is 13.2 Å². The zero-order valence-corrected chi connectivity index (χ0v) is 20.2. The Bertz CT molecular complexity index is 1160. The highest BCUT2D eigenvalue weighted by Crippen LogP contribution is 2.40. The molecule has 180 valence electrons. The van der Waals surface area contributed by atoms with Crippen LogP contribution in [0.5, 0.6) is 28.7 Å². The van der Waals surface area contributed by atoms with Crippen molar-refractivity contribution < 1.29 is 32.5 Å². The molecule has 0 heterocycles. The van der Waals surface area contributed by atoms with Crippen molar-refractivity contribution in [1.29, 1.82) is 0 Å². The smallest absolute Gasteiger partial charge is 0.203 e. The summed E-state index contributed by atoms with van der Waals surface area (Å²) in [7, 11) is 7.73. The van der Waals surface area contributed by atoms with Crippen molar-refractivity contribution in [2.75, 3.05) is 40.3 Å². The molecule has 3 aromatic rings. The molecule has 0 atom stereocenters. The van der Waals surface area contributed by atoms with Crippen molar-refractivity contribution >= 4 is 29.8 Å². The molecule has 3 aromatic carbocycles. The molecule has 9 heteroatoms. The summed E-state index contributed by atoms with van der Waals surface area (Å²) in [6.45, 7) is 0. The minimum atomic E-state index is -0.915. The molecule has 0 aromatic heterocycles. The van der Waals surface area contributed by atoms with Crippen LogP contribution in [0.3, 0.4) is 0 Å². The van der Waals surface area contributed by atoms with Crippen LogP contribution in [0.1, 0.15) is 11.1 Å². The zero-order chi connectivity index (χ0) is 24.7. The number of benzene rings is 3. The van der Waals surface area contributed by atoms with Crippen molar-refractivity contribution in [2.45, 2.75) is 4.90 Å². The van der Waals surface area contributed by atoms with E-state index in [0.29, 0.717) is 39.3 Å². The Balaban J connectivity index is 1.97. The largest absolute Gasteiger partial charge is 0.493 e. The van der Waals surface area contributed by atoms with E-state index in [9.17, 15) is 8.78 Å². The monoisotopic (exact) mass is 489 g/mol. The van der Waals surface area contributed by atoms with Gasteiger partial charge in [0.15, 0.2) is 34.6 Å². The highest BCUT2D eigenvalue weighted by atomic mass is 32.2. The van der Waals surface area contributed by atoms with E-state index in [0.717, 1.165) is 35.2 Å². The summed E-state index contributed by atoms with van der Waals surface area (Å²) in [6.07, 6.45) is 3.75. The van der Waals surface area contributed by atoms with Gasteiger partial charge >= 0.3 is 0 Å². The maximum atomic E-state index is 13.6. The first kappa shape index (κ1) is 25.0. The van der Waals surface area contributed by atoms with E-state index in [1.807, 2.05) is 30.4 Å². The fourth-order valence-corrected chi connectivity index (χ4v) is 3.86. The molecule has 0 aliphatic rings. The van der Waals surface area contributed by atoms with Gasteiger partial charge in [-0.3, -0.25) is 0 Å². The average molecular weight is 490 g/mol. The van der Waals surface area contributed by atoms with Crippen molar-refractivity contribution in [3.8, 4) is 28.7 Å². The van der Waals surface area contributed by atoms with E-state index < -0.39 is 11.6 Å². The van der Waals surface area contributed by atoms with E-state index >= 15 is 0 Å². The summed E-state index contributed by atoms with van der Waals surface area (Å²) < 4.78 is 57.1. The lowest BCUT2D eigenvalue weighted by Crippen LogP contribution is -1.97. The molecule has 34 heavy (non-hydrogen) atoms. The summed E-state index contributed by atoms with van der Waals surface area (Å²) in [4.78, 5) is 0.508. The SMILES string of the molecule is COc1cc(/C=C\c2cc(OC)c(OC)c(OC)c2)c(NSc2ccc(F)c(F)c2)cc1OC. The Morgan fingerprint density at radius 2 is 1.29 bits per heavy atom. The van der Waals surface area contributed by atoms with Crippen molar-refractivity contribution in [1.82, 2.24) is 0 Å². The van der Waals surface area contributed by atoms with Gasteiger partial charge in [-0.1, -0.05) is 12.2 Å². The van der Waals surface area contributed by atoms with Crippen LogP contribution in [0.2, 0.25) is 0 Å². The summed E-state index contributed by atoms with van der Waals surface area (Å²) in [5.41, 5.74) is 2.25. The summed E-state index contributed by atoms with van der Waals surface area (Å²) >= 11 is 1.14. The number of nitrogens with one attached hydrogen (secondary N) is 1. The third kappa shape index (κ3) is 5.66. The van der Waals surface area contributed by atoms with Gasteiger partial charge in [-0.2, -0.15) is 0 Å². The molecule has 3 rings (SSSR count). The number of rotatable bonds is 10. The summed E-state index contributed by atoms with van der Waals surface area (Å²) in [6, 6.07) is 10.9. The molecule has 0 aliphatic heterocycles. The van der Waals surface area contributed by atoms with Crippen LogP contribution in [-0.2, 0) is 0 Å². The first-order chi connectivity index (χ1) is 16.4. The summed E-state index contributed by atoms with van der Waals surface area (Å²) in [5, 5.41) is 0. The second-order valence-corrected chi connectivity index (χ2v) is 7.75. The quantitative estimate of drug-likeness (QED) is 0.265. The average Bonchev–Trinajstić information content (AvgIpc) is 2.86. The molecule has 6 nitrogen and oxygen atoms in total. The molecular formula is C25H25F2NO5S. The van der Waals surface area contributed by atoms with E-state index in [4.69, 9.17) is 23.7 Å². The van der Waals surface area contributed by atoms with E-state index in [2.05, 4.69) is 4.72 Å². The third-order valence-electron chi connectivity index (χ3n) is 4.87. The molecule has 0 unspecified atom stereocenters. The molecular weight excluding hydrogens is 464 g/mol. The van der Waals surface area contributed by atoms with Crippen molar-refractivity contribution in [3.63, 3.8) is 0 Å². The van der Waals surface area contributed by atoms with Crippen molar-refractivity contribution in [3.05, 3.63) is 65.2 Å². The van der Waals surface area contributed by atoms with E-state index in [1.54, 1.807) is 34.5 Å². The number of ether oxygens (including phenoxy) is 5. The molecule has 0 saturated carbocycles. The minimum absolute atomic E-state index is 0.499. The number of hydrogen-bond acceptors (Lipinski definition) is 7. The molecule has 0 saturated heterocycles. The highest BCUT2D eigenvalue weighted by molar-refractivity contribution is 8.00. The van der Waals surface area contributed by atoms with E-state index in [-0.39, 0.29) is 0 Å². The molecule has 0 aliphatic carbocycles. The Hall–Kier alpha value is -3.59. The number of hydrogen-bond donors (Lipinski definition) is 1. The standard InChI is InChI=1S/C25H25F2NO5S/c1-29-21-12-16(7-6-15-10-23(31-3)25(33-5)24(11-15)32-4)20(14-22(21)30-2)28-34-17-8-9-18(26)19(27)13-17/h6-14,28H,1-5H3/b7-6-. The molecule has 1 N–H and O–H groups in total. The Labute approximate surface area is 201 Å². The zero-order valence-electron chi connectivity index (χ0n) is 19.4. The molecule has 0 amide bonds. The van der Waals surface area contributed by atoms with Gasteiger partial charge < -0.3 is 28.4 Å². The van der Waals surface area contributed by atoms with Gasteiger partial charge in [0.05, 0.1) is 41.2 Å². The van der Waals surface area contributed by atoms with Crippen LogP contribution in [0.25, 0.3) is 12.2 Å². The maximum absolute atomic E-state index is 13.6. The van der Waals surface area contributed by atoms with Gasteiger partial charge in [-0.05, 0) is 53.9 Å². The van der Waals surface area contributed by atoms with Crippen molar-refractivity contribution in [2.24, 2.45) is 0 Å². The van der Waals surface area contributed by atoms with Crippen LogP contribution < -0.4 is 28.4 Å². The normalized spacial score (nSPS) is 10.8. The predicted octanol–water partition coefficient (Wildman–Crippen LogP) is 6.30. The molecule has 0 fully saturated rings. The predicted molar refractivity (Wildman–Crippen MR) is 130 cm³/mol. The molecule has 0 bridgehead atoms. The lowest BCUT2D eigenvalue weighted by Gasteiger charge is -2.15. The summed E-state index contributed by atoms with van der Waals surface area (Å²) in [5.74, 6) is 0.794. The topological polar surface area (TPSA) is 58.2 Å².